The lowest BCUT2D eigenvalue weighted by Crippen LogP contribution is -2.41. The van der Waals surface area contributed by atoms with Crippen LogP contribution in [0, 0.1) is 0 Å². The lowest BCUT2D eigenvalue weighted by molar-refractivity contribution is -0.117. The third-order valence-electron chi connectivity index (χ3n) is 5.21. The fourth-order valence-electron chi connectivity index (χ4n) is 3.74. The number of carbonyl (C=O) groups excluding carboxylic acids is 1. The van der Waals surface area contributed by atoms with Gasteiger partial charge in [0.15, 0.2) is 5.96 Å². The van der Waals surface area contributed by atoms with Crippen molar-refractivity contribution in [3.8, 4) is 0 Å². The Balaban J connectivity index is 1.41. The van der Waals surface area contributed by atoms with Gasteiger partial charge in [0.05, 0.1) is 12.7 Å². The van der Waals surface area contributed by atoms with Gasteiger partial charge in [-0.1, -0.05) is 18.2 Å². The molecule has 0 aliphatic carbocycles. The molecule has 2 heterocycles. The van der Waals surface area contributed by atoms with E-state index in [2.05, 4.69) is 21.7 Å². The molecule has 1 atom stereocenters. The quantitative estimate of drug-likeness (QED) is 0.376. The molecule has 1 unspecified atom stereocenters. The lowest BCUT2D eigenvalue weighted by Gasteiger charge is -2.29. The third kappa shape index (κ3) is 6.72. The highest BCUT2D eigenvalue weighted by molar-refractivity contribution is 5.97. The van der Waals surface area contributed by atoms with Crippen molar-refractivity contribution in [2.24, 2.45) is 4.99 Å². The van der Waals surface area contributed by atoms with Crippen molar-refractivity contribution in [3.05, 3.63) is 29.8 Å². The SMILES string of the molecule is CCNC(=NCC(=O)N1CCCc2ccccc21)NCCCOCC1CCCO1. The minimum Gasteiger partial charge on any atom is -0.379 e. The molecule has 1 aromatic rings. The molecule has 1 aromatic carbocycles. The molecule has 1 fully saturated rings. The number of hydrogen-bond donors (Lipinski definition) is 2. The average Bonchev–Trinajstić information content (AvgIpc) is 3.27. The standard InChI is InChI=1S/C22H34N4O3/c1-2-23-22(24-12-7-14-28-17-19-10-6-15-29-19)25-16-21(27)26-13-5-9-18-8-3-4-11-20(18)26/h3-4,8,11,19H,2,5-7,9-10,12-17H2,1H3,(H2,23,24,25). The first-order valence-electron chi connectivity index (χ1n) is 10.9. The molecule has 3 rings (SSSR count). The summed E-state index contributed by atoms with van der Waals surface area (Å²) in [5.41, 5.74) is 2.27. The highest BCUT2D eigenvalue weighted by atomic mass is 16.5. The second kappa shape index (κ2) is 11.8. The predicted octanol–water partition coefficient (Wildman–Crippen LogP) is 2.11. The molecule has 2 N–H and O–H groups in total. The van der Waals surface area contributed by atoms with Crippen molar-refractivity contribution in [2.45, 2.75) is 45.1 Å². The van der Waals surface area contributed by atoms with Gasteiger partial charge in [-0.3, -0.25) is 4.79 Å². The van der Waals surface area contributed by atoms with Crippen LogP contribution in [0.15, 0.2) is 29.3 Å². The normalized spacial score (nSPS) is 19.1. The molecule has 7 heteroatoms. The van der Waals surface area contributed by atoms with E-state index in [4.69, 9.17) is 9.47 Å². The number of nitrogens with zero attached hydrogens (tertiary/aromatic N) is 2. The number of carbonyl (C=O) groups is 1. The van der Waals surface area contributed by atoms with Gasteiger partial charge in [0.1, 0.15) is 6.54 Å². The number of anilines is 1. The minimum absolute atomic E-state index is 0.0363. The Hall–Kier alpha value is -2.12. The fraction of sp³-hybridized carbons (Fsp3) is 0.636. The van der Waals surface area contributed by atoms with E-state index in [9.17, 15) is 4.79 Å². The van der Waals surface area contributed by atoms with Gasteiger partial charge in [0.2, 0.25) is 5.91 Å². The molecular formula is C22H34N4O3. The number of para-hydroxylation sites is 1. The summed E-state index contributed by atoms with van der Waals surface area (Å²) in [6.07, 6.45) is 5.42. The Bertz CT molecular complexity index is 674. The number of hydrogen-bond acceptors (Lipinski definition) is 4. The maximum absolute atomic E-state index is 12.7. The molecule has 2 aliphatic rings. The van der Waals surface area contributed by atoms with Crippen molar-refractivity contribution in [2.75, 3.05) is 50.9 Å². The maximum atomic E-state index is 12.7. The van der Waals surface area contributed by atoms with E-state index in [1.54, 1.807) is 0 Å². The van der Waals surface area contributed by atoms with Crippen LogP contribution < -0.4 is 15.5 Å². The molecule has 1 saturated heterocycles. The number of amides is 1. The van der Waals surface area contributed by atoms with Gasteiger partial charge in [-0.2, -0.15) is 0 Å². The highest BCUT2D eigenvalue weighted by Gasteiger charge is 2.21. The molecule has 0 spiro atoms. The Morgan fingerprint density at radius 1 is 1.31 bits per heavy atom. The van der Waals surface area contributed by atoms with E-state index in [0.717, 1.165) is 64.0 Å². The van der Waals surface area contributed by atoms with Crippen LogP contribution >= 0.6 is 0 Å². The Labute approximate surface area is 173 Å². The van der Waals surface area contributed by atoms with Gasteiger partial charge in [-0.15, -0.1) is 0 Å². The van der Waals surface area contributed by atoms with Crippen LogP contribution in [0.4, 0.5) is 5.69 Å². The van der Waals surface area contributed by atoms with Gasteiger partial charge >= 0.3 is 0 Å². The Morgan fingerprint density at radius 3 is 3.03 bits per heavy atom. The molecule has 1 amide bonds. The third-order valence-corrected chi connectivity index (χ3v) is 5.21. The van der Waals surface area contributed by atoms with Crippen LogP contribution in [-0.4, -0.2) is 64.0 Å². The molecule has 2 aliphatic heterocycles. The molecule has 0 aromatic heterocycles. The molecular weight excluding hydrogens is 368 g/mol. The predicted molar refractivity (Wildman–Crippen MR) is 116 cm³/mol. The first-order valence-corrected chi connectivity index (χ1v) is 10.9. The summed E-state index contributed by atoms with van der Waals surface area (Å²) in [6.45, 7) is 6.65. The fourth-order valence-corrected chi connectivity index (χ4v) is 3.74. The zero-order chi connectivity index (χ0) is 20.3. The van der Waals surface area contributed by atoms with Crippen LogP contribution in [0.2, 0.25) is 0 Å². The van der Waals surface area contributed by atoms with Crippen LogP contribution in [0.3, 0.4) is 0 Å². The summed E-state index contributed by atoms with van der Waals surface area (Å²) in [6, 6.07) is 8.14. The minimum atomic E-state index is 0.0363. The topological polar surface area (TPSA) is 75.2 Å². The molecule has 0 bridgehead atoms. The largest absolute Gasteiger partial charge is 0.379 e. The number of ether oxygens (including phenoxy) is 2. The Kier molecular flexibility index (Phi) is 8.77. The smallest absolute Gasteiger partial charge is 0.248 e. The van der Waals surface area contributed by atoms with Crippen molar-refractivity contribution in [3.63, 3.8) is 0 Å². The van der Waals surface area contributed by atoms with Crippen molar-refractivity contribution in [1.82, 2.24) is 10.6 Å². The van der Waals surface area contributed by atoms with Crippen molar-refractivity contribution < 1.29 is 14.3 Å². The number of nitrogens with one attached hydrogen (secondary N) is 2. The van der Waals surface area contributed by atoms with E-state index in [1.807, 2.05) is 30.0 Å². The van der Waals surface area contributed by atoms with Crippen LogP contribution in [0.1, 0.15) is 38.2 Å². The maximum Gasteiger partial charge on any atom is 0.248 e. The lowest BCUT2D eigenvalue weighted by atomic mass is 10.0. The van der Waals surface area contributed by atoms with Gasteiger partial charge in [0.25, 0.3) is 0 Å². The van der Waals surface area contributed by atoms with Gasteiger partial charge in [-0.05, 0) is 50.7 Å². The summed E-state index contributed by atoms with van der Waals surface area (Å²) in [7, 11) is 0. The van der Waals surface area contributed by atoms with E-state index < -0.39 is 0 Å². The molecule has 160 valence electrons. The number of aliphatic imine (C=N–C) groups is 1. The average molecular weight is 403 g/mol. The van der Waals surface area contributed by atoms with E-state index >= 15 is 0 Å². The summed E-state index contributed by atoms with van der Waals surface area (Å²) in [4.78, 5) is 19.1. The van der Waals surface area contributed by atoms with Crippen molar-refractivity contribution >= 4 is 17.6 Å². The Morgan fingerprint density at radius 2 is 2.21 bits per heavy atom. The van der Waals surface area contributed by atoms with Gasteiger partial charge in [0, 0.05) is 38.5 Å². The van der Waals surface area contributed by atoms with Crippen LogP contribution in [0.25, 0.3) is 0 Å². The summed E-state index contributed by atoms with van der Waals surface area (Å²) in [5, 5.41) is 6.49. The second-order valence-corrected chi connectivity index (χ2v) is 7.46. The zero-order valence-corrected chi connectivity index (χ0v) is 17.5. The van der Waals surface area contributed by atoms with Gasteiger partial charge in [-0.25, -0.2) is 4.99 Å². The molecule has 0 radical (unpaired) electrons. The highest BCUT2D eigenvalue weighted by Crippen LogP contribution is 2.26. The first-order chi connectivity index (χ1) is 14.3. The number of aryl methyl sites for hydroxylation is 1. The van der Waals surface area contributed by atoms with E-state index in [1.165, 1.54) is 5.56 Å². The molecule has 7 nitrogen and oxygen atoms in total. The zero-order valence-electron chi connectivity index (χ0n) is 17.5. The number of fused-ring (bicyclic) bond motifs is 1. The summed E-state index contributed by atoms with van der Waals surface area (Å²) < 4.78 is 11.2. The van der Waals surface area contributed by atoms with E-state index in [0.29, 0.717) is 19.2 Å². The first kappa shape index (κ1) is 21.6. The summed E-state index contributed by atoms with van der Waals surface area (Å²) >= 11 is 0. The second-order valence-electron chi connectivity index (χ2n) is 7.46. The van der Waals surface area contributed by atoms with Crippen LogP contribution in [-0.2, 0) is 20.7 Å². The van der Waals surface area contributed by atoms with Gasteiger partial charge < -0.3 is 25.0 Å². The summed E-state index contributed by atoms with van der Waals surface area (Å²) in [5.74, 6) is 0.708. The van der Waals surface area contributed by atoms with Crippen molar-refractivity contribution in [1.29, 1.82) is 0 Å². The van der Waals surface area contributed by atoms with E-state index in [-0.39, 0.29) is 18.6 Å². The number of guanidine groups is 1. The number of benzene rings is 1. The monoisotopic (exact) mass is 402 g/mol. The van der Waals surface area contributed by atoms with Crippen LogP contribution in [0.5, 0.6) is 0 Å². The molecule has 0 saturated carbocycles. The molecule has 29 heavy (non-hydrogen) atoms. The number of rotatable bonds is 9.